The first-order chi connectivity index (χ1) is 8.49. The van der Waals surface area contributed by atoms with Crippen molar-refractivity contribution >= 4 is 23.1 Å². The highest BCUT2D eigenvalue weighted by atomic mass is 35.5. The first kappa shape index (κ1) is 12.6. The van der Waals surface area contributed by atoms with Crippen LogP contribution in [0.3, 0.4) is 0 Å². The van der Waals surface area contributed by atoms with Crippen LogP contribution in [0.25, 0.3) is 0 Å². The molecule has 0 bridgehead atoms. The van der Waals surface area contributed by atoms with E-state index in [-0.39, 0.29) is 16.4 Å². The van der Waals surface area contributed by atoms with E-state index in [4.69, 9.17) is 17.3 Å². The van der Waals surface area contributed by atoms with Gasteiger partial charge in [0.1, 0.15) is 5.82 Å². The lowest BCUT2D eigenvalue weighted by Crippen LogP contribution is -2.03. The van der Waals surface area contributed by atoms with Crippen molar-refractivity contribution in [3.05, 3.63) is 63.9 Å². The maximum atomic E-state index is 13.3. The molecule has 0 radical (unpaired) electrons. The predicted octanol–water partition coefficient (Wildman–Crippen LogP) is 3.60. The lowest BCUT2D eigenvalue weighted by atomic mass is 10.0. The average Bonchev–Trinajstić information content (AvgIpc) is 2.35. The molecule has 0 aliphatic rings. The van der Waals surface area contributed by atoms with Crippen LogP contribution in [0, 0.1) is 12.7 Å². The molecular weight excluding hydrogens is 253 g/mol. The highest BCUT2D eigenvalue weighted by Gasteiger charge is 2.12. The molecule has 2 aromatic carbocycles. The third kappa shape index (κ3) is 2.36. The normalized spacial score (nSPS) is 10.4. The van der Waals surface area contributed by atoms with Crippen LogP contribution in [-0.4, -0.2) is 5.78 Å². The first-order valence-electron chi connectivity index (χ1n) is 5.35. The van der Waals surface area contributed by atoms with E-state index < -0.39 is 5.82 Å². The van der Waals surface area contributed by atoms with Gasteiger partial charge in [0.15, 0.2) is 5.78 Å². The van der Waals surface area contributed by atoms with E-state index in [0.717, 1.165) is 11.6 Å². The van der Waals surface area contributed by atoms with Crippen LogP contribution in [0.5, 0.6) is 0 Å². The Morgan fingerprint density at radius 3 is 2.39 bits per heavy atom. The van der Waals surface area contributed by atoms with Gasteiger partial charge in [-0.3, -0.25) is 4.79 Å². The topological polar surface area (TPSA) is 43.1 Å². The van der Waals surface area contributed by atoms with Crippen molar-refractivity contribution in [3.63, 3.8) is 0 Å². The van der Waals surface area contributed by atoms with Gasteiger partial charge in [-0.05, 0) is 48.9 Å². The zero-order chi connectivity index (χ0) is 13.3. The second-order valence-electron chi connectivity index (χ2n) is 4.03. The molecule has 2 aromatic rings. The van der Waals surface area contributed by atoms with Gasteiger partial charge in [-0.15, -0.1) is 0 Å². The number of halogens is 2. The van der Waals surface area contributed by atoms with Gasteiger partial charge in [-0.2, -0.15) is 0 Å². The maximum Gasteiger partial charge on any atom is 0.193 e. The molecule has 0 atom stereocenters. The Kier molecular flexibility index (Phi) is 3.34. The fraction of sp³-hybridized carbons (Fsp3) is 0.0714. The molecule has 0 saturated carbocycles. The van der Waals surface area contributed by atoms with Crippen LogP contribution in [0.2, 0.25) is 5.02 Å². The van der Waals surface area contributed by atoms with Crippen molar-refractivity contribution in [1.82, 2.24) is 0 Å². The van der Waals surface area contributed by atoms with Crippen LogP contribution in [0.4, 0.5) is 10.1 Å². The molecule has 0 aliphatic heterocycles. The van der Waals surface area contributed by atoms with E-state index >= 15 is 0 Å². The van der Waals surface area contributed by atoms with Crippen LogP contribution in [0.1, 0.15) is 21.5 Å². The summed E-state index contributed by atoms with van der Waals surface area (Å²) in [6.07, 6.45) is 0. The molecule has 4 heteroatoms. The largest absolute Gasteiger partial charge is 0.399 e. The van der Waals surface area contributed by atoms with E-state index in [2.05, 4.69) is 0 Å². The van der Waals surface area contributed by atoms with Gasteiger partial charge in [-0.25, -0.2) is 4.39 Å². The molecular formula is C14H11ClFNO. The Bertz CT molecular complexity index is 572. The molecule has 18 heavy (non-hydrogen) atoms. The second-order valence-corrected chi connectivity index (χ2v) is 4.44. The van der Waals surface area contributed by atoms with Crippen molar-refractivity contribution in [1.29, 1.82) is 0 Å². The van der Waals surface area contributed by atoms with E-state index in [0.29, 0.717) is 11.3 Å². The number of rotatable bonds is 2. The zero-order valence-corrected chi connectivity index (χ0v) is 10.5. The summed E-state index contributed by atoms with van der Waals surface area (Å²) >= 11 is 5.57. The standard InChI is InChI=1S/C14H11ClFNO/c1-8-6-9(3-5-13(8)17)14(18)10-2-4-11(15)12(16)7-10/h2-7H,17H2,1H3. The summed E-state index contributed by atoms with van der Waals surface area (Å²) in [4.78, 5) is 12.1. The molecule has 0 saturated heterocycles. The smallest absolute Gasteiger partial charge is 0.193 e. The molecule has 0 heterocycles. The predicted molar refractivity (Wildman–Crippen MR) is 70.4 cm³/mol. The van der Waals surface area contributed by atoms with Crippen molar-refractivity contribution < 1.29 is 9.18 Å². The number of carbonyl (C=O) groups is 1. The van der Waals surface area contributed by atoms with Crippen LogP contribution < -0.4 is 5.73 Å². The van der Waals surface area contributed by atoms with E-state index in [1.807, 2.05) is 6.92 Å². The molecule has 0 aromatic heterocycles. The van der Waals surface area contributed by atoms with Gasteiger partial charge >= 0.3 is 0 Å². The highest BCUT2D eigenvalue weighted by molar-refractivity contribution is 6.30. The third-order valence-electron chi connectivity index (χ3n) is 2.71. The Balaban J connectivity index is 2.41. The molecule has 0 unspecified atom stereocenters. The Hall–Kier alpha value is -1.87. The molecule has 0 aliphatic carbocycles. The fourth-order valence-corrected chi connectivity index (χ4v) is 1.74. The molecule has 2 rings (SSSR count). The first-order valence-corrected chi connectivity index (χ1v) is 5.72. The average molecular weight is 264 g/mol. The van der Waals surface area contributed by atoms with Crippen molar-refractivity contribution in [2.24, 2.45) is 0 Å². The van der Waals surface area contributed by atoms with Crippen molar-refractivity contribution in [3.8, 4) is 0 Å². The number of carbonyl (C=O) groups excluding carboxylic acids is 1. The summed E-state index contributed by atoms with van der Waals surface area (Å²) in [6, 6.07) is 8.97. The third-order valence-corrected chi connectivity index (χ3v) is 3.02. The number of nitrogens with two attached hydrogens (primary N) is 1. The lowest BCUT2D eigenvalue weighted by molar-refractivity contribution is 0.103. The van der Waals surface area contributed by atoms with Crippen molar-refractivity contribution in [2.45, 2.75) is 6.92 Å². The molecule has 0 spiro atoms. The Labute approximate surface area is 109 Å². The summed E-state index contributed by atoms with van der Waals surface area (Å²) in [5, 5.41) is 0.0000340. The molecule has 92 valence electrons. The second kappa shape index (κ2) is 4.78. The van der Waals surface area contributed by atoms with Gasteiger partial charge in [-0.1, -0.05) is 11.6 Å². The number of nitrogen functional groups attached to an aromatic ring is 1. The summed E-state index contributed by atoms with van der Waals surface area (Å²) in [5.41, 5.74) is 7.86. The summed E-state index contributed by atoms with van der Waals surface area (Å²) in [7, 11) is 0. The fourth-order valence-electron chi connectivity index (χ4n) is 1.62. The molecule has 0 amide bonds. The summed E-state index contributed by atoms with van der Waals surface area (Å²) < 4.78 is 13.3. The number of anilines is 1. The van der Waals surface area contributed by atoms with Gasteiger partial charge in [0.05, 0.1) is 5.02 Å². The number of benzene rings is 2. The lowest BCUT2D eigenvalue weighted by Gasteiger charge is -2.05. The van der Waals surface area contributed by atoms with Crippen LogP contribution >= 0.6 is 11.6 Å². The highest BCUT2D eigenvalue weighted by Crippen LogP contribution is 2.20. The molecule has 2 nitrogen and oxygen atoms in total. The minimum atomic E-state index is -0.602. The molecule has 2 N–H and O–H groups in total. The summed E-state index contributed by atoms with van der Waals surface area (Å²) in [5.74, 6) is -0.858. The number of hydrogen-bond donors (Lipinski definition) is 1. The maximum absolute atomic E-state index is 13.3. The van der Waals surface area contributed by atoms with E-state index in [9.17, 15) is 9.18 Å². The number of hydrogen-bond acceptors (Lipinski definition) is 2. The summed E-state index contributed by atoms with van der Waals surface area (Å²) in [6.45, 7) is 1.81. The quantitative estimate of drug-likeness (QED) is 0.664. The molecule has 0 fully saturated rings. The van der Waals surface area contributed by atoms with Gasteiger partial charge < -0.3 is 5.73 Å². The minimum absolute atomic E-state index is 0.0000340. The van der Waals surface area contributed by atoms with Gasteiger partial charge in [0.25, 0.3) is 0 Å². The van der Waals surface area contributed by atoms with Crippen LogP contribution in [-0.2, 0) is 0 Å². The number of aryl methyl sites for hydroxylation is 1. The SMILES string of the molecule is Cc1cc(C(=O)c2ccc(Cl)c(F)c2)ccc1N. The van der Waals surface area contributed by atoms with E-state index in [1.165, 1.54) is 12.1 Å². The van der Waals surface area contributed by atoms with Crippen molar-refractivity contribution in [2.75, 3.05) is 5.73 Å². The zero-order valence-electron chi connectivity index (χ0n) is 9.71. The van der Waals surface area contributed by atoms with Crippen LogP contribution in [0.15, 0.2) is 36.4 Å². The minimum Gasteiger partial charge on any atom is -0.399 e. The number of ketones is 1. The monoisotopic (exact) mass is 263 g/mol. The van der Waals surface area contributed by atoms with Gasteiger partial charge in [0.2, 0.25) is 0 Å². The van der Waals surface area contributed by atoms with Gasteiger partial charge in [0, 0.05) is 16.8 Å². The Morgan fingerprint density at radius 2 is 1.78 bits per heavy atom. The van der Waals surface area contributed by atoms with E-state index in [1.54, 1.807) is 18.2 Å². The Morgan fingerprint density at radius 1 is 1.17 bits per heavy atom.